The quantitative estimate of drug-likeness (QED) is 0.803. The first kappa shape index (κ1) is 17.1. The molecule has 0 aliphatic carbocycles. The van der Waals surface area contributed by atoms with E-state index in [-0.39, 0.29) is 11.8 Å². The summed E-state index contributed by atoms with van der Waals surface area (Å²) in [5.74, 6) is 0.158. The third kappa shape index (κ3) is 3.55. The molecule has 1 atom stereocenters. The van der Waals surface area contributed by atoms with Crippen molar-refractivity contribution in [1.29, 1.82) is 0 Å². The first-order valence-electron chi connectivity index (χ1n) is 7.16. The number of rotatable bonds is 1. The fourth-order valence-electron chi connectivity index (χ4n) is 2.44. The summed E-state index contributed by atoms with van der Waals surface area (Å²) in [4.78, 5) is 14.2. The molecule has 1 aromatic carbocycles. The molecule has 1 aromatic rings. The second-order valence-electron chi connectivity index (χ2n) is 6.83. The number of hydrogen-bond donors (Lipinski definition) is 1. The molecule has 0 unspecified atom stereocenters. The molecule has 0 radical (unpaired) electrons. The number of ether oxygens (including phenoxy) is 2. The van der Waals surface area contributed by atoms with Gasteiger partial charge in [0, 0.05) is 0 Å². The maximum atomic E-state index is 12.6. The molecular formula is C16H22BrNO4. The van der Waals surface area contributed by atoms with Gasteiger partial charge in [-0.3, -0.25) is 4.90 Å². The van der Waals surface area contributed by atoms with E-state index in [9.17, 15) is 9.90 Å². The second kappa shape index (κ2) is 5.74. The third-order valence-electron chi connectivity index (χ3n) is 3.43. The zero-order chi connectivity index (χ0) is 16.7. The van der Waals surface area contributed by atoms with E-state index in [0.717, 1.165) is 5.56 Å². The number of phenols is 1. The summed E-state index contributed by atoms with van der Waals surface area (Å²) in [5, 5.41) is 9.63. The predicted octanol–water partition coefficient (Wildman–Crippen LogP) is 4.20. The lowest BCUT2D eigenvalue weighted by Gasteiger charge is -2.35. The van der Waals surface area contributed by atoms with Crippen molar-refractivity contribution in [3.63, 3.8) is 0 Å². The smallest absolute Gasteiger partial charge is 0.413 e. The van der Waals surface area contributed by atoms with Gasteiger partial charge in [-0.1, -0.05) is 6.07 Å². The number of amides is 1. The second-order valence-corrected chi connectivity index (χ2v) is 7.69. The van der Waals surface area contributed by atoms with Crippen LogP contribution in [0.3, 0.4) is 0 Å². The number of nitrogens with zero attached hydrogens (tertiary/aromatic N) is 1. The lowest BCUT2D eigenvalue weighted by atomic mass is 10.1. The Hall–Kier alpha value is -1.27. The van der Waals surface area contributed by atoms with Crippen LogP contribution in [-0.4, -0.2) is 34.0 Å². The highest BCUT2D eigenvalue weighted by molar-refractivity contribution is 9.10. The van der Waals surface area contributed by atoms with E-state index in [0.29, 0.717) is 11.1 Å². The zero-order valence-corrected chi connectivity index (χ0v) is 15.1. The molecule has 1 aliphatic heterocycles. The minimum absolute atomic E-state index is 0.158. The largest absolute Gasteiger partial charge is 0.507 e. The molecule has 1 amide bonds. The molecule has 0 bridgehead atoms. The van der Waals surface area contributed by atoms with Crippen molar-refractivity contribution in [1.82, 2.24) is 4.90 Å². The van der Waals surface area contributed by atoms with Gasteiger partial charge < -0.3 is 14.6 Å². The van der Waals surface area contributed by atoms with Crippen LogP contribution in [0.4, 0.5) is 4.79 Å². The summed E-state index contributed by atoms with van der Waals surface area (Å²) in [6.45, 7) is 9.56. The van der Waals surface area contributed by atoms with Gasteiger partial charge in [-0.25, -0.2) is 4.79 Å². The van der Waals surface area contributed by atoms with Crippen LogP contribution < -0.4 is 0 Å². The minimum atomic E-state index is -0.753. The fourth-order valence-corrected chi connectivity index (χ4v) is 2.83. The number of phenolic OH excluding ortho intramolecular Hbond substituents is 1. The highest BCUT2D eigenvalue weighted by Gasteiger charge is 2.46. The predicted molar refractivity (Wildman–Crippen MR) is 86.7 cm³/mol. The van der Waals surface area contributed by atoms with Crippen molar-refractivity contribution in [2.24, 2.45) is 0 Å². The van der Waals surface area contributed by atoms with Gasteiger partial charge in [0.15, 0.2) is 0 Å². The normalized spacial score (nSPS) is 21.0. The Kier molecular flexibility index (Phi) is 4.46. The molecule has 1 N–H and O–H groups in total. The highest BCUT2D eigenvalue weighted by Crippen LogP contribution is 2.39. The fraction of sp³-hybridized carbons (Fsp3) is 0.562. The number of benzene rings is 1. The number of carbonyl (C=O) groups excluding carboxylic acids is 1. The monoisotopic (exact) mass is 371 g/mol. The Labute approximate surface area is 139 Å². The molecule has 2 rings (SSSR count). The molecule has 0 saturated carbocycles. The first-order valence-corrected chi connectivity index (χ1v) is 7.95. The standard InChI is InChI=1S/C16H22BrNO4/c1-15(2,3)22-14(20)18-12(9-21-16(18,4)5)10-6-7-13(19)11(17)8-10/h6-8,12,19H,9H2,1-5H3/t12-/m0/s1. The summed E-state index contributed by atoms with van der Waals surface area (Å²) in [5.41, 5.74) is -0.450. The Morgan fingerprint density at radius 3 is 2.64 bits per heavy atom. The van der Waals surface area contributed by atoms with E-state index in [1.807, 2.05) is 34.6 Å². The van der Waals surface area contributed by atoms with E-state index in [1.165, 1.54) is 0 Å². The molecule has 5 nitrogen and oxygen atoms in total. The summed E-state index contributed by atoms with van der Waals surface area (Å²) in [6.07, 6.45) is -0.413. The van der Waals surface area contributed by atoms with Gasteiger partial charge in [-0.15, -0.1) is 0 Å². The summed E-state index contributed by atoms with van der Waals surface area (Å²) >= 11 is 3.30. The summed E-state index contributed by atoms with van der Waals surface area (Å²) in [6, 6.07) is 4.91. The van der Waals surface area contributed by atoms with Gasteiger partial charge in [0.1, 0.15) is 17.1 Å². The Morgan fingerprint density at radius 2 is 2.09 bits per heavy atom. The summed E-state index contributed by atoms with van der Waals surface area (Å²) < 4.78 is 11.9. The maximum Gasteiger partial charge on any atom is 0.413 e. The SMILES string of the molecule is CC(C)(C)OC(=O)N1[C@H](c2ccc(O)c(Br)c2)COC1(C)C. The van der Waals surface area contributed by atoms with Crippen molar-refractivity contribution in [3.8, 4) is 5.75 Å². The molecule has 1 saturated heterocycles. The zero-order valence-electron chi connectivity index (χ0n) is 13.5. The Balaban J connectivity index is 2.33. The summed E-state index contributed by atoms with van der Waals surface area (Å²) in [7, 11) is 0. The van der Waals surface area contributed by atoms with Crippen LogP contribution in [0.25, 0.3) is 0 Å². The molecular weight excluding hydrogens is 350 g/mol. The van der Waals surface area contributed by atoms with Crippen molar-refractivity contribution in [2.75, 3.05) is 6.61 Å². The average Bonchev–Trinajstić information content (AvgIpc) is 2.66. The number of carbonyl (C=O) groups is 1. The minimum Gasteiger partial charge on any atom is -0.507 e. The molecule has 0 spiro atoms. The van der Waals surface area contributed by atoms with Crippen LogP contribution in [0.1, 0.15) is 46.2 Å². The topological polar surface area (TPSA) is 59.0 Å². The molecule has 1 heterocycles. The van der Waals surface area contributed by atoms with Gasteiger partial charge in [0.25, 0.3) is 0 Å². The average molecular weight is 372 g/mol. The maximum absolute atomic E-state index is 12.6. The van der Waals surface area contributed by atoms with E-state index >= 15 is 0 Å². The van der Waals surface area contributed by atoms with Gasteiger partial charge in [0.2, 0.25) is 0 Å². The molecule has 122 valence electrons. The number of hydrogen-bond acceptors (Lipinski definition) is 4. The van der Waals surface area contributed by atoms with E-state index in [1.54, 1.807) is 23.1 Å². The Bertz CT molecular complexity index is 580. The Morgan fingerprint density at radius 1 is 1.45 bits per heavy atom. The third-order valence-corrected chi connectivity index (χ3v) is 4.07. The lowest BCUT2D eigenvalue weighted by Crippen LogP contribution is -2.47. The van der Waals surface area contributed by atoms with Gasteiger partial charge in [-0.05, 0) is 68.2 Å². The molecule has 1 aliphatic rings. The van der Waals surface area contributed by atoms with Crippen LogP contribution in [-0.2, 0) is 9.47 Å². The first-order chi connectivity index (χ1) is 10.0. The number of halogens is 1. The van der Waals surface area contributed by atoms with Crippen LogP contribution in [0.5, 0.6) is 5.75 Å². The molecule has 6 heteroatoms. The van der Waals surface area contributed by atoms with Crippen molar-refractivity contribution in [3.05, 3.63) is 28.2 Å². The van der Waals surface area contributed by atoms with Crippen LogP contribution in [0.2, 0.25) is 0 Å². The van der Waals surface area contributed by atoms with Crippen molar-refractivity contribution < 1.29 is 19.4 Å². The molecule has 0 aromatic heterocycles. The highest BCUT2D eigenvalue weighted by atomic mass is 79.9. The van der Waals surface area contributed by atoms with E-state index in [4.69, 9.17) is 9.47 Å². The van der Waals surface area contributed by atoms with Gasteiger partial charge in [0.05, 0.1) is 17.1 Å². The number of aromatic hydroxyl groups is 1. The van der Waals surface area contributed by atoms with E-state index < -0.39 is 17.4 Å². The van der Waals surface area contributed by atoms with Crippen LogP contribution in [0.15, 0.2) is 22.7 Å². The van der Waals surface area contributed by atoms with Gasteiger partial charge >= 0.3 is 6.09 Å². The van der Waals surface area contributed by atoms with Crippen LogP contribution in [0, 0.1) is 0 Å². The molecule has 22 heavy (non-hydrogen) atoms. The van der Waals surface area contributed by atoms with Crippen LogP contribution >= 0.6 is 15.9 Å². The molecule has 1 fully saturated rings. The van der Waals surface area contributed by atoms with Crippen molar-refractivity contribution in [2.45, 2.75) is 52.0 Å². The van der Waals surface area contributed by atoms with Crippen molar-refractivity contribution >= 4 is 22.0 Å². The lowest BCUT2D eigenvalue weighted by molar-refractivity contribution is -0.0626. The van der Waals surface area contributed by atoms with Gasteiger partial charge in [-0.2, -0.15) is 0 Å². The van der Waals surface area contributed by atoms with E-state index in [2.05, 4.69) is 15.9 Å².